The van der Waals surface area contributed by atoms with E-state index in [0.717, 1.165) is 11.5 Å². The van der Waals surface area contributed by atoms with Crippen molar-refractivity contribution in [3.8, 4) is 0 Å². The Morgan fingerprint density at radius 3 is 1.18 bits per heavy atom. The standard InChI is InChI=1S/C20H42S2/c1-3-4-5-6-7-8-9-10-11-12-13-14-15-16-17-20(2,18-21)19-22/h21-22H,3-19H2,1-2H3. The SMILES string of the molecule is CCCCCCCCCCCCCCCCC(C)(CS)CS. The van der Waals surface area contributed by atoms with Gasteiger partial charge in [0.05, 0.1) is 0 Å². The summed E-state index contributed by atoms with van der Waals surface area (Å²) in [6.45, 7) is 4.61. The molecular formula is C20H42S2. The lowest BCUT2D eigenvalue weighted by Gasteiger charge is -2.25. The Morgan fingerprint density at radius 1 is 0.545 bits per heavy atom. The van der Waals surface area contributed by atoms with Crippen molar-refractivity contribution >= 4 is 25.3 Å². The average Bonchev–Trinajstić information content (AvgIpc) is 2.55. The Bertz CT molecular complexity index is 212. The van der Waals surface area contributed by atoms with Gasteiger partial charge in [-0.2, -0.15) is 25.3 Å². The minimum absolute atomic E-state index is 0.351. The van der Waals surface area contributed by atoms with E-state index in [2.05, 4.69) is 39.1 Å². The number of thiol groups is 2. The fraction of sp³-hybridized carbons (Fsp3) is 1.00. The topological polar surface area (TPSA) is 0 Å². The molecule has 0 atom stereocenters. The molecule has 0 aromatic heterocycles. The third kappa shape index (κ3) is 14.3. The largest absolute Gasteiger partial charge is 0.179 e. The number of hydrogen-bond donors (Lipinski definition) is 2. The summed E-state index contributed by atoms with van der Waals surface area (Å²) >= 11 is 8.91. The Morgan fingerprint density at radius 2 is 0.864 bits per heavy atom. The van der Waals surface area contributed by atoms with Crippen LogP contribution in [0, 0.1) is 5.41 Å². The van der Waals surface area contributed by atoms with Crippen LogP contribution in [-0.2, 0) is 0 Å². The lowest BCUT2D eigenvalue weighted by atomic mass is 9.88. The second-order valence-electron chi connectivity index (χ2n) is 7.47. The molecule has 0 aromatic rings. The molecule has 0 saturated heterocycles. The highest BCUT2D eigenvalue weighted by Crippen LogP contribution is 2.27. The van der Waals surface area contributed by atoms with Gasteiger partial charge in [-0.15, -0.1) is 0 Å². The van der Waals surface area contributed by atoms with Gasteiger partial charge >= 0.3 is 0 Å². The maximum absolute atomic E-state index is 4.46. The molecule has 134 valence electrons. The van der Waals surface area contributed by atoms with Crippen LogP contribution in [-0.4, -0.2) is 11.5 Å². The third-order valence-corrected chi connectivity index (χ3v) is 6.42. The molecule has 0 bridgehead atoms. The minimum atomic E-state index is 0.351. The van der Waals surface area contributed by atoms with E-state index in [9.17, 15) is 0 Å². The van der Waals surface area contributed by atoms with Crippen molar-refractivity contribution in [3.63, 3.8) is 0 Å². The van der Waals surface area contributed by atoms with Crippen LogP contribution in [0.2, 0.25) is 0 Å². The summed E-state index contributed by atoms with van der Waals surface area (Å²) in [4.78, 5) is 0. The van der Waals surface area contributed by atoms with Crippen LogP contribution in [0.1, 0.15) is 110 Å². The first-order valence-electron chi connectivity index (χ1n) is 9.90. The van der Waals surface area contributed by atoms with Crippen LogP contribution in [0.5, 0.6) is 0 Å². The smallest absolute Gasteiger partial charge is 0.00360 e. The first kappa shape index (κ1) is 22.7. The molecule has 0 spiro atoms. The predicted octanol–water partition coefficient (Wildman–Crippen LogP) is 7.72. The number of hydrogen-bond acceptors (Lipinski definition) is 2. The normalized spacial score (nSPS) is 12.0. The highest BCUT2D eigenvalue weighted by Gasteiger charge is 2.19. The van der Waals surface area contributed by atoms with E-state index in [-0.39, 0.29) is 0 Å². The van der Waals surface area contributed by atoms with E-state index in [1.165, 1.54) is 96.3 Å². The van der Waals surface area contributed by atoms with Gasteiger partial charge in [0.25, 0.3) is 0 Å². The number of rotatable bonds is 17. The van der Waals surface area contributed by atoms with E-state index in [1.807, 2.05) is 0 Å². The quantitative estimate of drug-likeness (QED) is 0.195. The van der Waals surface area contributed by atoms with Crippen LogP contribution >= 0.6 is 25.3 Å². The summed E-state index contributed by atoms with van der Waals surface area (Å²) in [5.74, 6) is 1.93. The molecule has 0 fully saturated rings. The van der Waals surface area contributed by atoms with Crippen molar-refractivity contribution in [2.45, 2.75) is 110 Å². The molecule has 0 aliphatic carbocycles. The number of unbranched alkanes of at least 4 members (excludes halogenated alkanes) is 13. The van der Waals surface area contributed by atoms with Crippen molar-refractivity contribution in [1.82, 2.24) is 0 Å². The van der Waals surface area contributed by atoms with Gasteiger partial charge in [-0.05, 0) is 23.3 Å². The lowest BCUT2D eigenvalue weighted by Crippen LogP contribution is -2.20. The summed E-state index contributed by atoms with van der Waals surface area (Å²) < 4.78 is 0. The molecular weight excluding hydrogens is 304 g/mol. The molecule has 0 saturated carbocycles. The van der Waals surface area contributed by atoms with Crippen molar-refractivity contribution in [2.24, 2.45) is 5.41 Å². The van der Waals surface area contributed by atoms with Gasteiger partial charge in [0, 0.05) is 0 Å². The molecule has 0 rings (SSSR count). The first-order valence-corrected chi connectivity index (χ1v) is 11.2. The minimum Gasteiger partial charge on any atom is -0.179 e. The van der Waals surface area contributed by atoms with Crippen LogP contribution in [0.15, 0.2) is 0 Å². The maximum Gasteiger partial charge on any atom is -0.00360 e. The van der Waals surface area contributed by atoms with E-state index in [0.29, 0.717) is 5.41 Å². The molecule has 0 heterocycles. The molecule has 0 aromatic carbocycles. The van der Waals surface area contributed by atoms with E-state index in [1.54, 1.807) is 0 Å². The molecule has 0 nitrogen and oxygen atoms in total. The lowest BCUT2D eigenvalue weighted by molar-refractivity contribution is 0.374. The van der Waals surface area contributed by atoms with E-state index >= 15 is 0 Å². The summed E-state index contributed by atoms with van der Waals surface area (Å²) in [5.41, 5.74) is 0.351. The average molecular weight is 347 g/mol. The molecule has 0 radical (unpaired) electrons. The summed E-state index contributed by atoms with van der Waals surface area (Å²) in [7, 11) is 0. The van der Waals surface area contributed by atoms with E-state index in [4.69, 9.17) is 0 Å². The Kier molecular flexibility index (Phi) is 17.1. The van der Waals surface area contributed by atoms with Gasteiger partial charge in [0.2, 0.25) is 0 Å². The highest BCUT2D eigenvalue weighted by molar-refractivity contribution is 7.81. The fourth-order valence-corrected chi connectivity index (χ4v) is 3.67. The fourth-order valence-electron chi connectivity index (χ4n) is 2.95. The molecule has 0 N–H and O–H groups in total. The summed E-state index contributed by atoms with van der Waals surface area (Å²) in [5, 5.41) is 0. The van der Waals surface area contributed by atoms with Crippen molar-refractivity contribution in [2.75, 3.05) is 11.5 Å². The van der Waals surface area contributed by atoms with Crippen LogP contribution in [0.4, 0.5) is 0 Å². The zero-order valence-electron chi connectivity index (χ0n) is 15.4. The van der Waals surface area contributed by atoms with Crippen LogP contribution in [0.3, 0.4) is 0 Å². The van der Waals surface area contributed by atoms with Gasteiger partial charge in [-0.3, -0.25) is 0 Å². The monoisotopic (exact) mass is 346 g/mol. The molecule has 0 aliphatic heterocycles. The second-order valence-corrected chi connectivity index (χ2v) is 8.11. The van der Waals surface area contributed by atoms with E-state index < -0.39 is 0 Å². The van der Waals surface area contributed by atoms with Gasteiger partial charge in [-0.1, -0.05) is 104 Å². The predicted molar refractivity (Wildman–Crippen MR) is 111 cm³/mol. The molecule has 0 unspecified atom stereocenters. The van der Waals surface area contributed by atoms with Gasteiger partial charge < -0.3 is 0 Å². The zero-order chi connectivity index (χ0) is 16.5. The van der Waals surface area contributed by atoms with Gasteiger partial charge in [0.1, 0.15) is 0 Å². The van der Waals surface area contributed by atoms with Crippen LogP contribution < -0.4 is 0 Å². The molecule has 0 aliphatic rings. The van der Waals surface area contributed by atoms with Gasteiger partial charge in [0.15, 0.2) is 0 Å². The zero-order valence-corrected chi connectivity index (χ0v) is 17.2. The maximum atomic E-state index is 4.46. The second kappa shape index (κ2) is 16.6. The van der Waals surface area contributed by atoms with Crippen molar-refractivity contribution in [3.05, 3.63) is 0 Å². The first-order chi connectivity index (χ1) is 10.7. The van der Waals surface area contributed by atoms with Crippen molar-refractivity contribution < 1.29 is 0 Å². The summed E-state index contributed by atoms with van der Waals surface area (Å²) in [6.07, 6.45) is 21.4. The van der Waals surface area contributed by atoms with Crippen molar-refractivity contribution in [1.29, 1.82) is 0 Å². The Hall–Kier alpha value is 0.700. The Balaban J connectivity index is 3.14. The van der Waals surface area contributed by atoms with Crippen LogP contribution in [0.25, 0.3) is 0 Å². The highest BCUT2D eigenvalue weighted by atomic mass is 32.1. The Labute approximate surface area is 152 Å². The molecule has 2 heteroatoms. The summed E-state index contributed by atoms with van der Waals surface area (Å²) in [6, 6.07) is 0. The van der Waals surface area contributed by atoms with Gasteiger partial charge in [-0.25, -0.2) is 0 Å². The third-order valence-electron chi connectivity index (χ3n) is 4.90. The molecule has 22 heavy (non-hydrogen) atoms. The molecule has 0 amide bonds.